The molecule has 0 radical (unpaired) electrons. The van der Waals surface area contributed by atoms with Gasteiger partial charge in [-0.25, -0.2) is 0 Å². The van der Waals surface area contributed by atoms with E-state index in [1.807, 2.05) is 12.1 Å². The van der Waals surface area contributed by atoms with Gasteiger partial charge in [0.25, 0.3) is 0 Å². The van der Waals surface area contributed by atoms with Crippen LogP contribution in [0.5, 0.6) is 0 Å². The van der Waals surface area contributed by atoms with Crippen molar-refractivity contribution in [1.29, 1.82) is 0 Å². The van der Waals surface area contributed by atoms with Crippen molar-refractivity contribution in [2.24, 2.45) is 11.1 Å². The van der Waals surface area contributed by atoms with Crippen LogP contribution in [0, 0.1) is 12.3 Å². The van der Waals surface area contributed by atoms with Crippen molar-refractivity contribution in [1.82, 2.24) is 0 Å². The summed E-state index contributed by atoms with van der Waals surface area (Å²) in [6.45, 7) is 5.39. The summed E-state index contributed by atoms with van der Waals surface area (Å²) in [7, 11) is 0. The Morgan fingerprint density at radius 1 is 1.47 bits per heavy atom. The Kier molecular flexibility index (Phi) is 3.38. The number of nitrogens with one attached hydrogen (secondary N) is 1. The molecule has 92 valence electrons. The van der Waals surface area contributed by atoms with E-state index in [2.05, 4.69) is 25.2 Å². The first-order valence-electron chi connectivity index (χ1n) is 6.21. The van der Waals surface area contributed by atoms with Crippen molar-refractivity contribution in [2.45, 2.75) is 33.1 Å². The zero-order chi connectivity index (χ0) is 12.5. The molecule has 0 unspecified atom stereocenters. The summed E-state index contributed by atoms with van der Waals surface area (Å²) in [5.74, 6) is 0. The topological polar surface area (TPSA) is 38.0 Å². The second kappa shape index (κ2) is 4.65. The number of para-hydroxylation sites is 1. The molecular formula is C14H20N2S. The molecule has 1 aliphatic carbocycles. The van der Waals surface area contributed by atoms with E-state index in [-0.39, 0.29) is 0 Å². The summed E-state index contributed by atoms with van der Waals surface area (Å²) in [6.07, 6.45) is 3.92. The lowest BCUT2D eigenvalue weighted by Crippen LogP contribution is -2.19. The number of rotatable bonds is 5. The fourth-order valence-electron chi connectivity index (χ4n) is 2.22. The number of thiocarbonyl (C=S) groups is 1. The number of nitrogens with two attached hydrogens (primary N) is 1. The summed E-state index contributed by atoms with van der Waals surface area (Å²) < 4.78 is 0. The number of anilines is 1. The Morgan fingerprint density at radius 2 is 2.18 bits per heavy atom. The van der Waals surface area contributed by atoms with Gasteiger partial charge in [-0.3, -0.25) is 0 Å². The molecule has 1 aliphatic rings. The minimum Gasteiger partial charge on any atom is -0.389 e. The zero-order valence-electron chi connectivity index (χ0n) is 10.5. The maximum atomic E-state index is 5.76. The lowest BCUT2D eigenvalue weighted by Gasteiger charge is -2.18. The van der Waals surface area contributed by atoms with Crippen LogP contribution in [0.4, 0.5) is 5.69 Å². The molecule has 2 rings (SSSR count). The Morgan fingerprint density at radius 3 is 2.71 bits per heavy atom. The third-order valence-corrected chi connectivity index (χ3v) is 4.11. The standard InChI is InChI=1S/C14H20N2S/c1-3-14(7-8-14)9-16-12-10(2)5-4-6-11(12)13(15)17/h4-6,16H,3,7-9H2,1-2H3,(H2,15,17). The van der Waals surface area contributed by atoms with Gasteiger partial charge in [-0.2, -0.15) is 0 Å². The molecule has 0 atom stereocenters. The maximum Gasteiger partial charge on any atom is 0.106 e. The van der Waals surface area contributed by atoms with Gasteiger partial charge in [-0.1, -0.05) is 31.3 Å². The third-order valence-electron chi connectivity index (χ3n) is 3.89. The van der Waals surface area contributed by atoms with E-state index in [1.54, 1.807) is 0 Å². The van der Waals surface area contributed by atoms with Gasteiger partial charge in [0.2, 0.25) is 0 Å². The smallest absolute Gasteiger partial charge is 0.106 e. The van der Waals surface area contributed by atoms with E-state index in [0.29, 0.717) is 10.4 Å². The average molecular weight is 248 g/mol. The van der Waals surface area contributed by atoms with Crippen LogP contribution in [0.1, 0.15) is 37.3 Å². The number of aryl methyl sites for hydroxylation is 1. The minimum absolute atomic E-state index is 0.470. The fraction of sp³-hybridized carbons (Fsp3) is 0.500. The van der Waals surface area contributed by atoms with Crippen molar-refractivity contribution < 1.29 is 0 Å². The number of benzene rings is 1. The van der Waals surface area contributed by atoms with E-state index in [1.165, 1.54) is 24.8 Å². The van der Waals surface area contributed by atoms with Crippen LogP contribution in [0.2, 0.25) is 0 Å². The fourth-order valence-corrected chi connectivity index (χ4v) is 2.39. The molecular weight excluding hydrogens is 228 g/mol. The molecule has 0 bridgehead atoms. The molecule has 3 heteroatoms. The van der Waals surface area contributed by atoms with Crippen LogP contribution in [0.3, 0.4) is 0 Å². The average Bonchev–Trinajstić information content (AvgIpc) is 3.08. The second-order valence-electron chi connectivity index (χ2n) is 5.07. The highest BCUT2D eigenvalue weighted by Gasteiger charge is 2.40. The second-order valence-corrected chi connectivity index (χ2v) is 5.51. The van der Waals surface area contributed by atoms with E-state index >= 15 is 0 Å². The highest BCUT2D eigenvalue weighted by atomic mass is 32.1. The summed E-state index contributed by atoms with van der Waals surface area (Å²) in [5.41, 5.74) is 9.57. The van der Waals surface area contributed by atoms with Crippen molar-refractivity contribution in [3.63, 3.8) is 0 Å². The van der Waals surface area contributed by atoms with Crippen molar-refractivity contribution in [3.05, 3.63) is 29.3 Å². The van der Waals surface area contributed by atoms with Crippen molar-refractivity contribution >= 4 is 22.9 Å². The van der Waals surface area contributed by atoms with Crippen LogP contribution in [-0.2, 0) is 0 Å². The number of hydrogen-bond acceptors (Lipinski definition) is 2. The maximum absolute atomic E-state index is 5.76. The molecule has 1 fully saturated rings. The van der Waals surface area contributed by atoms with E-state index in [9.17, 15) is 0 Å². The highest BCUT2D eigenvalue weighted by Crippen LogP contribution is 2.48. The van der Waals surface area contributed by atoms with Crippen LogP contribution in [0.25, 0.3) is 0 Å². The van der Waals surface area contributed by atoms with Crippen LogP contribution in [-0.4, -0.2) is 11.5 Å². The molecule has 1 saturated carbocycles. The molecule has 0 aromatic heterocycles. The van der Waals surface area contributed by atoms with Crippen LogP contribution >= 0.6 is 12.2 Å². The van der Waals surface area contributed by atoms with E-state index in [0.717, 1.165) is 17.8 Å². The Hall–Kier alpha value is -1.09. The number of hydrogen-bond donors (Lipinski definition) is 2. The first-order chi connectivity index (χ1) is 8.08. The van der Waals surface area contributed by atoms with E-state index in [4.69, 9.17) is 18.0 Å². The van der Waals surface area contributed by atoms with Gasteiger partial charge in [-0.05, 0) is 43.2 Å². The summed E-state index contributed by atoms with van der Waals surface area (Å²) in [5, 5.41) is 3.55. The quantitative estimate of drug-likeness (QED) is 0.786. The van der Waals surface area contributed by atoms with Gasteiger partial charge in [0.15, 0.2) is 0 Å². The highest BCUT2D eigenvalue weighted by molar-refractivity contribution is 7.80. The van der Waals surface area contributed by atoms with Gasteiger partial charge < -0.3 is 11.1 Å². The zero-order valence-corrected chi connectivity index (χ0v) is 11.4. The first kappa shape index (κ1) is 12.4. The lowest BCUT2D eigenvalue weighted by molar-refractivity contribution is 0.521. The molecule has 3 N–H and O–H groups in total. The molecule has 1 aromatic rings. The molecule has 0 saturated heterocycles. The molecule has 17 heavy (non-hydrogen) atoms. The molecule has 0 amide bonds. The molecule has 0 heterocycles. The summed E-state index contributed by atoms with van der Waals surface area (Å²) >= 11 is 5.10. The van der Waals surface area contributed by atoms with Crippen LogP contribution < -0.4 is 11.1 Å². The Balaban J connectivity index is 2.17. The molecule has 2 nitrogen and oxygen atoms in total. The van der Waals surface area contributed by atoms with Gasteiger partial charge in [0, 0.05) is 17.8 Å². The monoisotopic (exact) mass is 248 g/mol. The summed E-state index contributed by atoms with van der Waals surface area (Å²) in [6, 6.07) is 6.08. The molecule has 1 aromatic carbocycles. The van der Waals surface area contributed by atoms with Crippen LogP contribution in [0.15, 0.2) is 18.2 Å². The van der Waals surface area contributed by atoms with E-state index < -0.39 is 0 Å². The Bertz CT molecular complexity index is 436. The summed E-state index contributed by atoms with van der Waals surface area (Å²) in [4.78, 5) is 0.470. The van der Waals surface area contributed by atoms with Gasteiger partial charge >= 0.3 is 0 Å². The molecule has 0 aliphatic heterocycles. The van der Waals surface area contributed by atoms with Gasteiger partial charge in [-0.15, -0.1) is 0 Å². The SMILES string of the molecule is CCC1(CNc2c(C)cccc2C(N)=S)CC1. The first-order valence-corrected chi connectivity index (χ1v) is 6.62. The minimum atomic E-state index is 0.470. The third kappa shape index (κ3) is 2.60. The predicted molar refractivity (Wildman–Crippen MR) is 77.5 cm³/mol. The van der Waals surface area contributed by atoms with Gasteiger partial charge in [0.1, 0.15) is 4.99 Å². The lowest BCUT2D eigenvalue weighted by atomic mass is 10.0. The van der Waals surface area contributed by atoms with Crippen molar-refractivity contribution in [3.8, 4) is 0 Å². The Labute approximate surface area is 109 Å². The van der Waals surface area contributed by atoms with Gasteiger partial charge in [0.05, 0.1) is 0 Å². The molecule has 0 spiro atoms. The van der Waals surface area contributed by atoms with Crippen molar-refractivity contribution in [2.75, 3.05) is 11.9 Å². The normalized spacial score (nSPS) is 16.6. The largest absolute Gasteiger partial charge is 0.389 e. The predicted octanol–water partition coefficient (Wildman–Crippen LogP) is 3.23.